The summed E-state index contributed by atoms with van der Waals surface area (Å²) in [7, 11) is 0. The normalized spacial score (nSPS) is 15.8. The Bertz CT molecular complexity index is 1070. The van der Waals surface area contributed by atoms with Crippen molar-refractivity contribution in [2.75, 3.05) is 5.32 Å². The molecule has 2 heterocycles. The quantitative estimate of drug-likeness (QED) is 0.477. The average Bonchev–Trinajstić information content (AvgIpc) is 3.48. The molecule has 3 aromatic rings. The van der Waals surface area contributed by atoms with Gasteiger partial charge in [0.25, 0.3) is 0 Å². The van der Waals surface area contributed by atoms with E-state index in [4.69, 9.17) is 4.52 Å². The predicted molar refractivity (Wildman–Crippen MR) is 127 cm³/mol. The van der Waals surface area contributed by atoms with Gasteiger partial charge in [-0.25, -0.2) is 0 Å². The predicted octanol–water partition coefficient (Wildman–Crippen LogP) is 5.77. The number of nitrogens with one attached hydrogen (secondary N) is 1. The van der Waals surface area contributed by atoms with Gasteiger partial charge in [0, 0.05) is 17.7 Å². The lowest BCUT2D eigenvalue weighted by atomic mass is 9.86. The number of rotatable bonds is 6. The highest BCUT2D eigenvalue weighted by Crippen LogP contribution is 2.38. The third-order valence-corrected chi connectivity index (χ3v) is 6.95. The summed E-state index contributed by atoms with van der Waals surface area (Å²) in [4.78, 5) is 12.7. The van der Waals surface area contributed by atoms with Gasteiger partial charge in [-0.05, 0) is 37.7 Å². The topological polar surface area (TPSA) is 85.8 Å². The first-order chi connectivity index (χ1) is 15.2. The molecule has 0 spiro atoms. The van der Waals surface area contributed by atoms with Crippen molar-refractivity contribution in [2.45, 2.75) is 82.2 Å². The standard InChI is InChI=1S/C24H31N5O2S/c1-15-14-20(31-28-15)25-22(30)16(2)32-23-27-26-21(29(23)19-8-6-7-9-19)17-10-12-18(13-11-17)24(3,4)5/h10-14,16,19H,6-9H2,1-5H3,(H,25,30). The van der Waals surface area contributed by atoms with Crippen molar-refractivity contribution in [3.8, 4) is 11.4 Å². The molecule has 0 radical (unpaired) electrons. The van der Waals surface area contributed by atoms with Crippen molar-refractivity contribution in [1.82, 2.24) is 19.9 Å². The Morgan fingerprint density at radius 1 is 1.19 bits per heavy atom. The molecular formula is C24H31N5O2S. The fraction of sp³-hybridized carbons (Fsp3) is 0.500. The number of aryl methyl sites for hydroxylation is 1. The summed E-state index contributed by atoms with van der Waals surface area (Å²) in [5, 5.41) is 16.1. The minimum Gasteiger partial charge on any atom is -0.338 e. The summed E-state index contributed by atoms with van der Waals surface area (Å²) in [5.74, 6) is 1.08. The zero-order valence-corrected chi connectivity index (χ0v) is 20.2. The molecule has 0 aliphatic heterocycles. The molecular weight excluding hydrogens is 422 g/mol. The molecule has 32 heavy (non-hydrogen) atoms. The Hall–Kier alpha value is -2.61. The van der Waals surface area contributed by atoms with Gasteiger partial charge in [0.1, 0.15) is 0 Å². The molecule has 8 heteroatoms. The van der Waals surface area contributed by atoms with E-state index < -0.39 is 0 Å². The molecule has 1 unspecified atom stereocenters. The number of hydrogen-bond acceptors (Lipinski definition) is 6. The Morgan fingerprint density at radius 3 is 2.47 bits per heavy atom. The van der Waals surface area contributed by atoms with Gasteiger partial charge in [-0.1, -0.05) is 74.8 Å². The third-order valence-electron chi connectivity index (χ3n) is 5.89. The Morgan fingerprint density at radius 2 is 1.88 bits per heavy atom. The number of nitrogens with zero attached hydrogens (tertiary/aromatic N) is 4. The number of amides is 1. The molecule has 4 rings (SSSR count). The van der Waals surface area contributed by atoms with E-state index in [1.54, 1.807) is 6.07 Å². The van der Waals surface area contributed by atoms with Crippen LogP contribution in [0.4, 0.5) is 5.88 Å². The van der Waals surface area contributed by atoms with E-state index in [-0.39, 0.29) is 16.6 Å². The molecule has 1 saturated carbocycles. The number of aromatic nitrogens is 4. The van der Waals surface area contributed by atoms with Crippen LogP contribution >= 0.6 is 11.8 Å². The van der Waals surface area contributed by atoms with Crippen LogP contribution in [0.3, 0.4) is 0 Å². The van der Waals surface area contributed by atoms with Gasteiger partial charge in [-0.3, -0.25) is 14.7 Å². The smallest absolute Gasteiger partial charge is 0.240 e. The molecule has 0 bridgehead atoms. The van der Waals surface area contributed by atoms with Crippen LogP contribution in [0, 0.1) is 6.92 Å². The molecule has 1 aliphatic rings. The van der Waals surface area contributed by atoms with Gasteiger partial charge >= 0.3 is 0 Å². The van der Waals surface area contributed by atoms with E-state index in [2.05, 4.69) is 70.3 Å². The summed E-state index contributed by atoms with van der Waals surface area (Å²) in [6, 6.07) is 10.7. The van der Waals surface area contributed by atoms with Crippen LogP contribution in [0.25, 0.3) is 11.4 Å². The molecule has 0 saturated heterocycles. The summed E-state index contributed by atoms with van der Waals surface area (Å²) in [5.41, 5.74) is 3.17. The molecule has 1 aromatic carbocycles. The van der Waals surface area contributed by atoms with E-state index in [1.807, 2.05) is 13.8 Å². The van der Waals surface area contributed by atoms with Gasteiger partial charge in [0.15, 0.2) is 11.0 Å². The van der Waals surface area contributed by atoms with Crippen LogP contribution in [0.5, 0.6) is 0 Å². The van der Waals surface area contributed by atoms with Crippen LogP contribution in [0.15, 0.2) is 40.0 Å². The molecule has 1 N–H and O–H groups in total. The van der Waals surface area contributed by atoms with E-state index in [1.165, 1.54) is 30.2 Å². The lowest BCUT2D eigenvalue weighted by molar-refractivity contribution is -0.115. The molecule has 7 nitrogen and oxygen atoms in total. The lowest BCUT2D eigenvalue weighted by Gasteiger charge is -2.20. The minimum atomic E-state index is -0.360. The second-order valence-corrected chi connectivity index (χ2v) is 10.8. The van der Waals surface area contributed by atoms with E-state index in [9.17, 15) is 4.79 Å². The van der Waals surface area contributed by atoms with Crippen molar-refractivity contribution < 1.29 is 9.32 Å². The average molecular weight is 454 g/mol. The summed E-state index contributed by atoms with van der Waals surface area (Å²) >= 11 is 1.43. The molecule has 1 fully saturated rings. The summed E-state index contributed by atoms with van der Waals surface area (Å²) in [6.07, 6.45) is 4.62. The van der Waals surface area contributed by atoms with Crippen LogP contribution in [0.2, 0.25) is 0 Å². The Labute approximate surface area is 193 Å². The largest absolute Gasteiger partial charge is 0.338 e. The number of carbonyl (C=O) groups excluding carboxylic acids is 1. The van der Waals surface area contributed by atoms with E-state index in [0.717, 1.165) is 35.1 Å². The first kappa shape index (κ1) is 22.6. The molecule has 2 aromatic heterocycles. The molecule has 1 amide bonds. The van der Waals surface area contributed by atoms with Crippen molar-refractivity contribution in [3.05, 3.63) is 41.6 Å². The number of hydrogen-bond donors (Lipinski definition) is 1. The van der Waals surface area contributed by atoms with Crippen molar-refractivity contribution in [1.29, 1.82) is 0 Å². The number of anilines is 1. The van der Waals surface area contributed by atoms with Gasteiger partial charge in [-0.2, -0.15) is 0 Å². The highest BCUT2D eigenvalue weighted by Gasteiger charge is 2.28. The fourth-order valence-corrected chi connectivity index (χ4v) is 4.94. The fourth-order valence-electron chi connectivity index (χ4n) is 4.02. The Balaban J connectivity index is 1.58. The van der Waals surface area contributed by atoms with Crippen LogP contribution < -0.4 is 5.32 Å². The summed E-state index contributed by atoms with van der Waals surface area (Å²) in [6.45, 7) is 10.3. The second-order valence-electron chi connectivity index (χ2n) is 9.52. The monoisotopic (exact) mass is 453 g/mol. The van der Waals surface area contributed by atoms with Gasteiger partial charge in [0.2, 0.25) is 11.8 Å². The van der Waals surface area contributed by atoms with Crippen LogP contribution in [-0.2, 0) is 10.2 Å². The number of carbonyl (C=O) groups is 1. The van der Waals surface area contributed by atoms with Crippen molar-refractivity contribution in [2.24, 2.45) is 0 Å². The van der Waals surface area contributed by atoms with Crippen molar-refractivity contribution >= 4 is 23.6 Å². The SMILES string of the molecule is Cc1cc(NC(=O)C(C)Sc2nnc(-c3ccc(C(C)(C)C)cc3)n2C2CCCC2)on1. The summed E-state index contributed by atoms with van der Waals surface area (Å²) < 4.78 is 7.35. The zero-order chi connectivity index (χ0) is 22.9. The first-order valence-corrected chi connectivity index (χ1v) is 12.1. The van der Waals surface area contributed by atoms with Crippen LogP contribution in [-0.4, -0.2) is 31.1 Å². The maximum absolute atomic E-state index is 12.7. The zero-order valence-electron chi connectivity index (χ0n) is 19.4. The number of benzene rings is 1. The Kier molecular flexibility index (Phi) is 6.42. The molecule has 170 valence electrons. The van der Waals surface area contributed by atoms with Crippen molar-refractivity contribution in [3.63, 3.8) is 0 Å². The maximum atomic E-state index is 12.7. The van der Waals surface area contributed by atoms with Gasteiger partial charge in [0.05, 0.1) is 10.9 Å². The molecule has 1 atom stereocenters. The van der Waals surface area contributed by atoms with Gasteiger partial charge in [-0.15, -0.1) is 10.2 Å². The second kappa shape index (κ2) is 9.10. The van der Waals surface area contributed by atoms with Crippen LogP contribution in [0.1, 0.15) is 70.7 Å². The highest BCUT2D eigenvalue weighted by molar-refractivity contribution is 8.00. The minimum absolute atomic E-state index is 0.101. The van der Waals surface area contributed by atoms with E-state index >= 15 is 0 Å². The first-order valence-electron chi connectivity index (χ1n) is 11.2. The molecule has 1 aliphatic carbocycles. The lowest BCUT2D eigenvalue weighted by Crippen LogP contribution is -2.23. The third kappa shape index (κ3) is 4.90. The maximum Gasteiger partial charge on any atom is 0.240 e. The van der Waals surface area contributed by atoms with Gasteiger partial charge < -0.3 is 4.52 Å². The van der Waals surface area contributed by atoms with E-state index in [0.29, 0.717) is 11.9 Å². The highest BCUT2D eigenvalue weighted by atomic mass is 32.2. The number of thioether (sulfide) groups is 1.